The molecule has 130 valence electrons. The van der Waals surface area contributed by atoms with Crippen molar-refractivity contribution in [3.05, 3.63) is 0 Å². The molecule has 0 aromatic carbocycles. The highest BCUT2D eigenvalue weighted by Crippen LogP contribution is 2.67. The number of ether oxygens (including phenoxy) is 2. The van der Waals surface area contributed by atoms with Crippen LogP contribution in [0.5, 0.6) is 0 Å². The van der Waals surface area contributed by atoms with Gasteiger partial charge in [0.25, 0.3) is 0 Å². The van der Waals surface area contributed by atoms with Gasteiger partial charge in [-0.2, -0.15) is 0 Å². The maximum Gasteiger partial charge on any atom is 0.168 e. The van der Waals surface area contributed by atoms with E-state index < -0.39 is 0 Å². The van der Waals surface area contributed by atoms with Crippen LogP contribution < -0.4 is 0 Å². The monoisotopic (exact) mass is 318 g/mol. The molecule has 0 bridgehead atoms. The second-order valence-corrected chi connectivity index (χ2v) is 10.1. The van der Waals surface area contributed by atoms with Gasteiger partial charge >= 0.3 is 0 Å². The minimum Gasteiger partial charge on any atom is -0.348 e. The van der Waals surface area contributed by atoms with Crippen molar-refractivity contribution >= 4 is 0 Å². The summed E-state index contributed by atoms with van der Waals surface area (Å²) in [7, 11) is 0. The van der Waals surface area contributed by atoms with E-state index in [0.717, 1.165) is 43.3 Å². The van der Waals surface area contributed by atoms with Crippen LogP contribution in [0, 0.1) is 34.5 Å². The van der Waals surface area contributed by atoms with Gasteiger partial charge in [-0.15, -0.1) is 0 Å². The Morgan fingerprint density at radius 2 is 1.61 bits per heavy atom. The molecule has 0 amide bonds. The van der Waals surface area contributed by atoms with E-state index in [-0.39, 0.29) is 5.79 Å². The van der Waals surface area contributed by atoms with Crippen LogP contribution in [0.25, 0.3) is 0 Å². The molecule has 0 aromatic heterocycles. The summed E-state index contributed by atoms with van der Waals surface area (Å²) in [6, 6.07) is 0. The molecule has 23 heavy (non-hydrogen) atoms. The molecule has 2 nitrogen and oxygen atoms in total. The van der Waals surface area contributed by atoms with Crippen molar-refractivity contribution in [2.24, 2.45) is 34.5 Å². The van der Waals surface area contributed by atoms with Crippen molar-refractivity contribution in [2.75, 3.05) is 13.2 Å². The van der Waals surface area contributed by atoms with E-state index in [9.17, 15) is 0 Å². The van der Waals surface area contributed by atoms with E-state index in [2.05, 4.69) is 13.8 Å². The Morgan fingerprint density at radius 1 is 0.783 bits per heavy atom. The lowest BCUT2D eigenvalue weighted by atomic mass is 9.45. The van der Waals surface area contributed by atoms with Crippen molar-refractivity contribution in [3.63, 3.8) is 0 Å². The molecule has 5 fully saturated rings. The van der Waals surface area contributed by atoms with Gasteiger partial charge in [0.2, 0.25) is 0 Å². The third-order valence-corrected chi connectivity index (χ3v) is 9.26. The zero-order valence-corrected chi connectivity index (χ0v) is 15.1. The average Bonchev–Trinajstić information content (AvgIpc) is 3.15. The second kappa shape index (κ2) is 4.97. The molecule has 4 saturated carbocycles. The fourth-order valence-electron chi connectivity index (χ4n) is 7.95. The smallest absolute Gasteiger partial charge is 0.168 e. The Balaban J connectivity index is 1.41. The largest absolute Gasteiger partial charge is 0.348 e. The Morgan fingerprint density at radius 3 is 2.43 bits per heavy atom. The van der Waals surface area contributed by atoms with Gasteiger partial charge in [0.1, 0.15) is 0 Å². The van der Waals surface area contributed by atoms with Gasteiger partial charge in [0, 0.05) is 12.8 Å². The summed E-state index contributed by atoms with van der Waals surface area (Å²) in [4.78, 5) is 0. The highest BCUT2D eigenvalue weighted by atomic mass is 16.7. The SMILES string of the molecule is C[C@]12CCC[C@@H]1[C@@H]1CC[C@@H]3CC4(CC[C@]3(C)[C@@H]1CC2)OCCO4. The molecular formula is C21H34O2. The van der Waals surface area contributed by atoms with Gasteiger partial charge in [-0.25, -0.2) is 0 Å². The topological polar surface area (TPSA) is 18.5 Å². The molecular weight excluding hydrogens is 284 g/mol. The zero-order chi connectivity index (χ0) is 15.7. The predicted molar refractivity (Wildman–Crippen MR) is 91.0 cm³/mol. The van der Waals surface area contributed by atoms with Crippen LogP contribution in [0.3, 0.4) is 0 Å². The van der Waals surface area contributed by atoms with Crippen LogP contribution in [0.4, 0.5) is 0 Å². The van der Waals surface area contributed by atoms with E-state index in [1.54, 1.807) is 0 Å². The third kappa shape index (κ3) is 2.06. The molecule has 0 N–H and O–H groups in total. The Kier molecular flexibility index (Phi) is 3.29. The number of fused-ring (bicyclic) bond motifs is 5. The molecule has 2 heteroatoms. The molecule has 5 aliphatic rings. The summed E-state index contributed by atoms with van der Waals surface area (Å²) < 4.78 is 12.1. The van der Waals surface area contributed by atoms with Crippen LogP contribution in [0.2, 0.25) is 0 Å². The fourth-order valence-corrected chi connectivity index (χ4v) is 7.95. The Hall–Kier alpha value is -0.0800. The zero-order valence-electron chi connectivity index (χ0n) is 15.1. The van der Waals surface area contributed by atoms with Crippen molar-refractivity contribution in [1.29, 1.82) is 0 Å². The number of hydrogen-bond donors (Lipinski definition) is 0. The first kappa shape index (κ1) is 15.2. The van der Waals surface area contributed by atoms with E-state index in [1.807, 2.05) is 0 Å². The van der Waals surface area contributed by atoms with Gasteiger partial charge in [-0.1, -0.05) is 20.3 Å². The van der Waals surface area contributed by atoms with Crippen LogP contribution in [0.1, 0.15) is 78.1 Å². The Labute approximate surface area is 141 Å². The minimum atomic E-state index is -0.187. The lowest BCUT2D eigenvalue weighted by Gasteiger charge is -2.61. The van der Waals surface area contributed by atoms with Crippen LogP contribution >= 0.6 is 0 Å². The van der Waals surface area contributed by atoms with Crippen LogP contribution in [-0.2, 0) is 9.47 Å². The molecule has 1 spiro atoms. The van der Waals surface area contributed by atoms with Crippen molar-refractivity contribution < 1.29 is 9.47 Å². The van der Waals surface area contributed by atoms with E-state index in [4.69, 9.17) is 9.47 Å². The second-order valence-electron chi connectivity index (χ2n) is 10.1. The van der Waals surface area contributed by atoms with Gasteiger partial charge in [-0.05, 0) is 79.4 Å². The van der Waals surface area contributed by atoms with Crippen molar-refractivity contribution in [2.45, 2.75) is 83.8 Å². The van der Waals surface area contributed by atoms with Crippen molar-refractivity contribution in [1.82, 2.24) is 0 Å². The molecule has 5 rings (SSSR count). The van der Waals surface area contributed by atoms with E-state index >= 15 is 0 Å². The summed E-state index contributed by atoms with van der Waals surface area (Å²) in [6.45, 7) is 6.89. The first-order valence-corrected chi connectivity index (χ1v) is 10.3. The summed E-state index contributed by atoms with van der Waals surface area (Å²) in [6.07, 6.45) is 14.1. The molecule has 1 heterocycles. The normalized spacial score (nSPS) is 54.5. The maximum atomic E-state index is 6.07. The highest BCUT2D eigenvalue weighted by Gasteiger charge is 2.60. The number of hydrogen-bond acceptors (Lipinski definition) is 2. The van der Waals surface area contributed by atoms with Gasteiger partial charge in [0.05, 0.1) is 13.2 Å². The number of rotatable bonds is 0. The molecule has 1 aliphatic heterocycles. The summed E-state index contributed by atoms with van der Waals surface area (Å²) in [5.74, 6) is 3.69. The minimum absolute atomic E-state index is 0.187. The third-order valence-electron chi connectivity index (χ3n) is 9.26. The highest BCUT2D eigenvalue weighted by molar-refractivity contribution is 5.08. The molecule has 4 aliphatic carbocycles. The molecule has 0 radical (unpaired) electrons. The maximum absolute atomic E-state index is 6.07. The Bertz CT molecular complexity index is 482. The quantitative estimate of drug-likeness (QED) is 0.614. The summed E-state index contributed by atoms with van der Waals surface area (Å²) >= 11 is 0. The first-order chi connectivity index (χ1) is 11.0. The lowest BCUT2D eigenvalue weighted by Crippen LogP contribution is -2.55. The van der Waals surface area contributed by atoms with Crippen LogP contribution in [-0.4, -0.2) is 19.0 Å². The predicted octanol–water partition coefficient (Wildman–Crippen LogP) is 5.16. The summed E-state index contributed by atoms with van der Waals surface area (Å²) in [5.41, 5.74) is 1.26. The van der Waals surface area contributed by atoms with Gasteiger partial charge < -0.3 is 9.47 Å². The molecule has 6 atom stereocenters. The van der Waals surface area contributed by atoms with Crippen LogP contribution in [0.15, 0.2) is 0 Å². The molecule has 0 aromatic rings. The van der Waals surface area contributed by atoms with Gasteiger partial charge in [0.15, 0.2) is 5.79 Å². The first-order valence-electron chi connectivity index (χ1n) is 10.3. The van der Waals surface area contributed by atoms with E-state index in [1.165, 1.54) is 57.8 Å². The standard InChI is InChI=1S/C21H34O2/c1-19-8-3-4-17(19)16-6-5-15-14-21(22-12-13-23-21)11-10-20(15,2)18(16)7-9-19/h15-18H,3-14H2,1-2H3/t15-,16+,17-,18-,19-,20+/m1/s1. The molecule has 0 unspecified atom stereocenters. The molecule has 1 saturated heterocycles. The van der Waals surface area contributed by atoms with Gasteiger partial charge in [-0.3, -0.25) is 0 Å². The van der Waals surface area contributed by atoms with Crippen molar-refractivity contribution in [3.8, 4) is 0 Å². The van der Waals surface area contributed by atoms with E-state index in [0.29, 0.717) is 10.8 Å². The summed E-state index contributed by atoms with van der Waals surface area (Å²) in [5, 5.41) is 0. The fraction of sp³-hybridized carbons (Fsp3) is 1.00. The average molecular weight is 319 g/mol. The lowest BCUT2D eigenvalue weighted by molar-refractivity contribution is -0.229.